The molecule has 1 fully saturated rings. The molecular formula is C26H18BrCl4N3O4S2. The number of ether oxygens (including phenoxy) is 2. The number of carbonyl (C=O) groups excluding carboxylic acids is 2. The third-order valence-electron chi connectivity index (χ3n) is 5.20. The molecule has 0 aliphatic carbocycles. The van der Waals surface area contributed by atoms with Crippen LogP contribution in [0.5, 0.6) is 11.5 Å². The van der Waals surface area contributed by atoms with Crippen LogP contribution in [0.4, 0.5) is 10.5 Å². The molecule has 2 N–H and O–H groups in total. The van der Waals surface area contributed by atoms with Crippen molar-refractivity contribution in [2.75, 3.05) is 11.9 Å². The normalized spacial score (nSPS) is 14.1. The first-order chi connectivity index (χ1) is 19.0. The molecule has 3 aromatic carbocycles. The summed E-state index contributed by atoms with van der Waals surface area (Å²) in [5.41, 5.74) is 4.24. The number of anilines is 1. The van der Waals surface area contributed by atoms with Crippen LogP contribution in [-0.2, 0) is 11.4 Å². The average molecular weight is 722 g/mol. The number of rotatable bonds is 8. The van der Waals surface area contributed by atoms with E-state index >= 15 is 0 Å². The maximum atomic E-state index is 13.1. The molecule has 40 heavy (non-hydrogen) atoms. The largest absolute Gasteiger partial charge is 0.490 e. The average Bonchev–Trinajstić information content (AvgIpc) is 3.14. The highest BCUT2D eigenvalue weighted by Crippen LogP contribution is 2.40. The number of hydrogen-bond acceptors (Lipinski definition) is 6. The highest BCUT2D eigenvalue weighted by atomic mass is 79.9. The van der Waals surface area contributed by atoms with Crippen LogP contribution < -0.4 is 20.2 Å². The summed E-state index contributed by atoms with van der Waals surface area (Å²) in [4.78, 5) is 25.9. The first-order valence-corrected chi connectivity index (χ1v) is 14.9. The molecule has 0 saturated carbocycles. The van der Waals surface area contributed by atoms with E-state index in [9.17, 15) is 9.59 Å². The summed E-state index contributed by atoms with van der Waals surface area (Å²) in [6, 6.07) is 12.6. The van der Waals surface area contributed by atoms with Crippen LogP contribution in [0.2, 0.25) is 20.1 Å². The minimum absolute atomic E-state index is 0.157. The Kier molecular flexibility index (Phi) is 10.5. The number of thioether (sulfide) groups is 1. The smallest absolute Gasteiger partial charge is 0.338 e. The zero-order chi connectivity index (χ0) is 29.0. The Morgan fingerprint density at radius 1 is 1.05 bits per heavy atom. The van der Waals surface area contributed by atoms with Crippen LogP contribution in [0.15, 0.2) is 57.9 Å². The highest BCUT2D eigenvalue weighted by Gasteiger charge is 2.34. The predicted molar refractivity (Wildman–Crippen MR) is 170 cm³/mol. The fraction of sp³-hybridized carbons (Fsp3) is 0.115. The number of hydrazine groups is 1. The zero-order valence-corrected chi connectivity index (χ0v) is 26.6. The summed E-state index contributed by atoms with van der Waals surface area (Å²) in [5, 5.41) is 5.21. The van der Waals surface area contributed by atoms with Gasteiger partial charge in [-0.15, -0.1) is 0 Å². The molecule has 3 aromatic rings. The van der Waals surface area contributed by atoms with E-state index in [1.54, 1.807) is 48.5 Å². The van der Waals surface area contributed by atoms with Crippen molar-refractivity contribution in [1.29, 1.82) is 0 Å². The maximum Gasteiger partial charge on any atom is 0.338 e. The lowest BCUT2D eigenvalue weighted by Crippen LogP contribution is -2.46. The molecule has 0 aromatic heterocycles. The van der Waals surface area contributed by atoms with Gasteiger partial charge in [0.25, 0.3) is 5.91 Å². The summed E-state index contributed by atoms with van der Waals surface area (Å²) in [7, 11) is 0. The Hall–Kier alpha value is -2.18. The molecule has 1 saturated heterocycles. The summed E-state index contributed by atoms with van der Waals surface area (Å²) < 4.78 is 12.6. The Balaban J connectivity index is 1.49. The van der Waals surface area contributed by atoms with Gasteiger partial charge in [0.1, 0.15) is 6.61 Å². The Morgan fingerprint density at radius 3 is 2.52 bits per heavy atom. The number of amides is 3. The molecule has 1 aliphatic heterocycles. The molecule has 4 rings (SSSR count). The number of thiocarbonyl (C=S) groups is 1. The first-order valence-electron chi connectivity index (χ1n) is 11.4. The van der Waals surface area contributed by atoms with E-state index in [-0.39, 0.29) is 16.0 Å². The number of halogens is 5. The molecule has 0 unspecified atom stereocenters. The van der Waals surface area contributed by atoms with Gasteiger partial charge in [-0.3, -0.25) is 4.79 Å². The number of carbonyl (C=O) groups is 2. The molecule has 208 valence electrons. The van der Waals surface area contributed by atoms with Crippen molar-refractivity contribution in [3.63, 3.8) is 0 Å². The second-order valence-corrected chi connectivity index (χ2v) is 12.2. The Bertz CT molecular complexity index is 1540. The molecular weight excluding hydrogens is 704 g/mol. The number of benzene rings is 3. The van der Waals surface area contributed by atoms with Crippen molar-refractivity contribution in [3.05, 3.63) is 89.1 Å². The fourth-order valence-electron chi connectivity index (χ4n) is 3.41. The van der Waals surface area contributed by atoms with Crippen molar-refractivity contribution in [3.8, 4) is 11.5 Å². The van der Waals surface area contributed by atoms with E-state index < -0.39 is 11.9 Å². The van der Waals surface area contributed by atoms with Gasteiger partial charge < -0.3 is 14.8 Å². The van der Waals surface area contributed by atoms with E-state index in [1.807, 2.05) is 6.92 Å². The van der Waals surface area contributed by atoms with Crippen LogP contribution in [-0.4, -0.2) is 27.9 Å². The van der Waals surface area contributed by atoms with E-state index in [0.29, 0.717) is 53.8 Å². The van der Waals surface area contributed by atoms with Crippen molar-refractivity contribution in [2.45, 2.75) is 13.5 Å². The molecule has 0 atom stereocenters. The summed E-state index contributed by atoms with van der Waals surface area (Å²) in [5.74, 6) is 0.437. The van der Waals surface area contributed by atoms with Gasteiger partial charge in [-0.2, -0.15) is 5.01 Å². The predicted octanol–water partition coefficient (Wildman–Crippen LogP) is 8.98. The third kappa shape index (κ3) is 7.55. The van der Waals surface area contributed by atoms with Crippen LogP contribution >= 0.6 is 86.3 Å². The van der Waals surface area contributed by atoms with E-state index in [4.69, 9.17) is 68.1 Å². The molecule has 3 amide bonds. The molecule has 0 bridgehead atoms. The van der Waals surface area contributed by atoms with Crippen molar-refractivity contribution < 1.29 is 19.1 Å². The lowest BCUT2D eigenvalue weighted by atomic mass is 10.1. The molecule has 0 spiro atoms. The van der Waals surface area contributed by atoms with Gasteiger partial charge in [0.2, 0.25) is 0 Å². The van der Waals surface area contributed by atoms with E-state index in [2.05, 4.69) is 26.7 Å². The lowest BCUT2D eigenvalue weighted by molar-refractivity contribution is -0.123. The quantitative estimate of drug-likeness (QED) is 0.179. The molecule has 14 heteroatoms. The third-order valence-corrected chi connectivity index (χ3v) is 8.42. The van der Waals surface area contributed by atoms with Gasteiger partial charge in [-0.05, 0) is 89.2 Å². The van der Waals surface area contributed by atoms with Crippen LogP contribution in [0.1, 0.15) is 18.1 Å². The topological polar surface area (TPSA) is 79.9 Å². The summed E-state index contributed by atoms with van der Waals surface area (Å²) in [6.45, 7) is 2.41. The molecule has 7 nitrogen and oxygen atoms in total. The molecule has 1 aliphatic rings. The number of nitrogens with zero attached hydrogens (tertiary/aromatic N) is 1. The summed E-state index contributed by atoms with van der Waals surface area (Å²) >= 11 is 34.0. The minimum Gasteiger partial charge on any atom is -0.490 e. The van der Waals surface area contributed by atoms with Gasteiger partial charge in [0.05, 0.1) is 26.0 Å². The number of nitrogens with one attached hydrogen (secondary N) is 2. The monoisotopic (exact) mass is 719 g/mol. The van der Waals surface area contributed by atoms with Crippen molar-refractivity contribution >= 4 is 114 Å². The minimum atomic E-state index is -0.681. The fourth-order valence-corrected chi connectivity index (χ4v) is 5.93. The zero-order valence-electron chi connectivity index (χ0n) is 20.4. The SMILES string of the molecule is CCOc1cc(/C=C2\SC(=S)N(NC(=O)Nc3ccc(Cl)c(Cl)c3)C2=O)cc(Br)c1OCc1ccc(Cl)cc1Cl. The van der Waals surface area contributed by atoms with Crippen LogP contribution in [0.3, 0.4) is 0 Å². The van der Waals surface area contributed by atoms with E-state index in [0.717, 1.165) is 22.3 Å². The van der Waals surface area contributed by atoms with Crippen LogP contribution in [0, 0.1) is 0 Å². The second kappa shape index (κ2) is 13.7. The lowest BCUT2D eigenvalue weighted by Gasteiger charge is -2.16. The van der Waals surface area contributed by atoms with E-state index in [1.165, 1.54) is 6.07 Å². The Morgan fingerprint density at radius 2 is 1.82 bits per heavy atom. The molecule has 0 radical (unpaired) electrons. The van der Waals surface area contributed by atoms with Gasteiger partial charge >= 0.3 is 6.03 Å². The van der Waals surface area contributed by atoms with Crippen molar-refractivity contribution in [2.24, 2.45) is 0 Å². The standard InChI is InChI=1S/C26H18BrCl4N3O4S2/c1-2-37-21-8-13(7-17(27)23(21)38-12-14-3-4-15(28)10-19(14)30)9-22-24(35)34(26(39)40-22)33-25(36)32-16-5-6-18(29)20(31)11-16/h3-11H,2,12H2,1H3,(H2,32,33,36)/b22-9-. The van der Waals surface area contributed by atoms with Gasteiger partial charge in [-0.1, -0.05) is 64.2 Å². The van der Waals surface area contributed by atoms with Crippen molar-refractivity contribution in [1.82, 2.24) is 10.4 Å². The maximum absolute atomic E-state index is 13.1. The van der Waals surface area contributed by atoms with Crippen LogP contribution in [0.25, 0.3) is 6.08 Å². The molecule has 1 heterocycles. The van der Waals surface area contributed by atoms with Gasteiger partial charge in [0, 0.05) is 21.3 Å². The number of hydrogen-bond donors (Lipinski definition) is 2. The Labute approximate surface area is 268 Å². The number of urea groups is 1. The highest BCUT2D eigenvalue weighted by molar-refractivity contribution is 9.10. The first kappa shape index (κ1) is 30.8. The van der Waals surface area contributed by atoms with Gasteiger partial charge in [0.15, 0.2) is 15.8 Å². The van der Waals surface area contributed by atoms with Gasteiger partial charge in [-0.25, -0.2) is 10.2 Å². The second-order valence-electron chi connectivity index (χ2n) is 8.00. The summed E-state index contributed by atoms with van der Waals surface area (Å²) in [6.07, 6.45) is 1.64.